The maximum Gasteiger partial charge on any atom is 0.193 e. The molecule has 0 atom stereocenters. The molecule has 7 heteroatoms. The van der Waals surface area contributed by atoms with Gasteiger partial charge in [-0.2, -0.15) is 0 Å². The molecule has 0 aromatic heterocycles. The molecular weight excluding hydrogens is 468 g/mol. The topological polar surface area (TPSA) is 88.5 Å². The van der Waals surface area contributed by atoms with Gasteiger partial charge in [-0.3, -0.25) is 9.59 Å². The zero-order valence-electron chi connectivity index (χ0n) is 19.8. The van der Waals surface area contributed by atoms with E-state index in [9.17, 15) is 23.1 Å². The molecule has 1 N–H and O–H groups in total. The molecule has 0 saturated heterocycles. The normalized spacial score (nSPS) is 12.4. The Morgan fingerprint density at radius 1 is 0.706 bits per heavy atom. The maximum absolute atomic E-state index is 13.2. The Hall–Kier alpha value is -2.74. The summed E-state index contributed by atoms with van der Waals surface area (Å²) in [5.74, 6) is -0.825. The van der Waals surface area contributed by atoms with Gasteiger partial charge in [0.05, 0.1) is 4.90 Å². The molecule has 0 aliphatic rings. The van der Waals surface area contributed by atoms with Crippen molar-refractivity contribution < 1.29 is 23.1 Å². The van der Waals surface area contributed by atoms with Crippen LogP contribution in [0.4, 0.5) is 0 Å². The van der Waals surface area contributed by atoms with E-state index in [1.807, 2.05) is 6.92 Å². The largest absolute Gasteiger partial charge is 0.382 e. The summed E-state index contributed by atoms with van der Waals surface area (Å²) >= 11 is 1.44. The Balaban J connectivity index is 1.76. The average Bonchev–Trinajstić information content (AvgIpc) is 2.78. The molecule has 0 radical (unpaired) electrons. The molecule has 0 heterocycles. The van der Waals surface area contributed by atoms with Gasteiger partial charge in [0.2, 0.25) is 0 Å². The number of rotatable bonds is 8. The van der Waals surface area contributed by atoms with Crippen molar-refractivity contribution in [3.05, 3.63) is 89.5 Å². The molecule has 178 valence electrons. The van der Waals surface area contributed by atoms with Gasteiger partial charge in [0.15, 0.2) is 21.4 Å². The highest BCUT2D eigenvalue weighted by Crippen LogP contribution is 2.32. The number of ketones is 2. The first-order valence-corrected chi connectivity index (χ1v) is 13.0. The summed E-state index contributed by atoms with van der Waals surface area (Å²) in [6, 6.07) is 20.2. The molecule has 0 saturated carbocycles. The average molecular weight is 497 g/mol. The number of carbonyl (C=O) groups is 2. The summed E-state index contributed by atoms with van der Waals surface area (Å²) < 4.78 is 24.7. The van der Waals surface area contributed by atoms with E-state index in [-0.39, 0.29) is 10.7 Å². The monoisotopic (exact) mass is 496 g/mol. The Bertz CT molecular complexity index is 1300. The van der Waals surface area contributed by atoms with Crippen LogP contribution in [-0.4, -0.2) is 35.4 Å². The third-order valence-corrected chi connectivity index (χ3v) is 9.01. The van der Waals surface area contributed by atoms with E-state index in [1.165, 1.54) is 51.6 Å². The molecule has 5 nitrogen and oxygen atoms in total. The first kappa shape index (κ1) is 25.9. The Kier molecular flexibility index (Phi) is 7.22. The molecule has 0 spiro atoms. The minimum absolute atomic E-state index is 0.120. The van der Waals surface area contributed by atoms with Crippen molar-refractivity contribution in [3.63, 3.8) is 0 Å². The number of Topliss-reactive ketones (excluding diaryl/α,β-unsaturated/α-hetero) is 2. The van der Waals surface area contributed by atoms with Gasteiger partial charge in [-0.25, -0.2) is 8.42 Å². The smallest absolute Gasteiger partial charge is 0.193 e. The van der Waals surface area contributed by atoms with Crippen molar-refractivity contribution in [3.8, 4) is 0 Å². The van der Waals surface area contributed by atoms with Crippen LogP contribution in [0.25, 0.3) is 0 Å². The van der Waals surface area contributed by atoms with Crippen LogP contribution < -0.4 is 0 Å². The van der Waals surface area contributed by atoms with Crippen molar-refractivity contribution in [2.24, 2.45) is 0 Å². The third kappa shape index (κ3) is 5.32. The molecule has 34 heavy (non-hydrogen) atoms. The summed E-state index contributed by atoms with van der Waals surface area (Å²) in [4.78, 5) is 27.2. The predicted molar refractivity (Wildman–Crippen MR) is 134 cm³/mol. The van der Waals surface area contributed by atoms with Gasteiger partial charge in [0.1, 0.15) is 10.3 Å². The SMILES string of the molecule is Cc1ccc(S(=O)(=O)C(C)(C)C(=O)c2ccc(Sc3ccc(C(=O)C(C)(C)O)cc3)cc2)cc1. The fourth-order valence-electron chi connectivity index (χ4n) is 3.32. The lowest BCUT2D eigenvalue weighted by atomic mass is 9.97. The van der Waals surface area contributed by atoms with Crippen LogP contribution in [-0.2, 0) is 9.84 Å². The van der Waals surface area contributed by atoms with E-state index < -0.39 is 26.0 Å². The number of hydrogen-bond acceptors (Lipinski definition) is 6. The highest BCUT2D eigenvalue weighted by atomic mass is 32.2. The van der Waals surface area contributed by atoms with Gasteiger partial charge in [0, 0.05) is 20.9 Å². The van der Waals surface area contributed by atoms with Gasteiger partial charge < -0.3 is 5.11 Å². The van der Waals surface area contributed by atoms with Crippen LogP contribution in [0.1, 0.15) is 54.0 Å². The Morgan fingerprint density at radius 3 is 1.53 bits per heavy atom. The van der Waals surface area contributed by atoms with Crippen LogP contribution in [0.5, 0.6) is 0 Å². The molecule has 3 aromatic carbocycles. The summed E-state index contributed by atoms with van der Waals surface area (Å²) in [6.07, 6.45) is 0. The first-order valence-electron chi connectivity index (χ1n) is 10.7. The molecule has 0 aliphatic heterocycles. The maximum atomic E-state index is 13.2. The van der Waals surface area contributed by atoms with Crippen molar-refractivity contribution >= 4 is 33.2 Å². The van der Waals surface area contributed by atoms with Gasteiger partial charge in [0.25, 0.3) is 0 Å². The second-order valence-corrected chi connectivity index (χ2v) is 12.8. The van der Waals surface area contributed by atoms with E-state index in [0.717, 1.165) is 15.4 Å². The molecule has 0 fully saturated rings. The van der Waals surface area contributed by atoms with Crippen LogP contribution >= 0.6 is 11.8 Å². The standard InChI is InChI=1S/C27H28O5S2/c1-18-6-16-23(17-7-18)34(31,32)27(4,5)25(29)20-10-14-22(15-11-20)33-21-12-8-19(9-13-21)24(28)26(2,3)30/h6-17,30H,1-5H3. The summed E-state index contributed by atoms with van der Waals surface area (Å²) in [5, 5.41) is 9.88. The van der Waals surface area contributed by atoms with Crippen LogP contribution in [0, 0.1) is 6.92 Å². The van der Waals surface area contributed by atoms with E-state index in [4.69, 9.17) is 0 Å². The number of aryl methyl sites for hydroxylation is 1. The molecule has 0 unspecified atom stereocenters. The lowest BCUT2D eigenvalue weighted by Gasteiger charge is -2.23. The first-order chi connectivity index (χ1) is 15.7. The van der Waals surface area contributed by atoms with Gasteiger partial charge in [-0.1, -0.05) is 53.7 Å². The minimum atomic E-state index is -3.88. The van der Waals surface area contributed by atoms with E-state index in [0.29, 0.717) is 11.1 Å². The molecule has 0 amide bonds. The van der Waals surface area contributed by atoms with Crippen molar-refractivity contribution in [2.75, 3.05) is 0 Å². The van der Waals surface area contributed by atoms with Crippen molar-refractivity contribution in [1.82, 2.24) is 0 Å². The van der Waals surface area contributed by atoms with Crippen LogP contribution in [0.2, 0.25) is 0 Å². The molecule has 3 aromatic rings. The fraction of sp³-hybridized carbons (Fsp3) is 0.259. The summed E-state index contributed by atoms with van der Waals surface area (Å²) in [5.41, 5.74) is 0.248. The number of aliphatic hydroxyl groups is 1. The van der Waals surface area contributed by atoms with Gasteiger partial charge in [-0.15, -0.1) is 0 Å². The molecule has 0 bridgehead atoms. The summed E-state index contributed by atoms with van der Waals surface area (Å²) in [7, 11) is -3.88. The number of sulfone groups is 1. The summed E-state index contributed by atoms with van der Waals surface area (Å²) in [6.45, 7) is 7.64. The number of benzene rings is 3. The second-order valence-electron chi connectivity index (χ2n) is 9.19. The highest BCUT2D eigenvalue weighted by molar-refractivity contribution is 7.99. The lowest BCUT2D eigenvalue weighted by molar-refractivity contribution is 0.0488. The highest BCUT2D eigenvalue weighted by Gasteiger charge is 2.43. The molecular formula is C27H28O5S2. The minimum Gasteiger partial charge on any atom is -0.382 e. The Morgan fingerprint density at radius 2 is 1.12 bits per heavy atom. The third-order valence-electron chi connectivity index (χ3n) is 5.57. The molecule has 3 rings (SSSR count). The predicted octanol–water partition coefficient (Wildman–Crippen LogP) is 5.54. The van der Waals surface area contributed by atoms with Crippen LogP contribution in [0.3, 0.4) is 0 Å². The molecule has 0 aliphatic carbocycles. The zero-order valence-corrected chi connectivity index (χ0v) is 21.5. The second kappa shape index (κ2) is 9.49. The fourth-order valence-corrected chi connectivity index (χ4v) is 5.58. The van der Waals surface area contributed by atoms with Gasteiger partial charge in [-0.05, 0) is 71.0 Å². The zero-order chi connectivity index (χ0) is 25.3. The van der Waals surface area contributed by atoms with Crippen molar-refractivity contribution in [2.45, 2.75) is 59.7 Å². The van der Waals surface area contributed by atoms with Gasteiger partial charge >= 0.3 is 0 Å². The Labute approximate surface area is 205 Å². The van der Waals surface area contributed by atoms with E-state index >= 15 is 0 Å². The van der Waals surface area contributed by atoms with E-state index in [2.05, 4.69) is 0 Å². The van der Waals surface area contributed by atoms with Crippen LogP contribution in [0.15, 0.2) is 87.5 Å². The quantitative estimate of drug-likeness (QED) is 0.412. The van der Waals surface area contributed by atoms with Crippen molar-refractivity contribution in [1.29, 1.82) is 0 Å². The lowest BCUT2D eigenvalue weighted by Crippen LogP contribution is -2.40. The van der Waals surface area contributed by atoms with E-state index in [1.54, 1.807) is 60.7 Å². The number of carbonyl (C=O) groups excluding carboxylic acids is 2. The number of hydrogen-bond donors (Lipinski definition) is 1.